The number of likely N-dealkylation sites (N-methyl/N-ethyl adjacent to an activating group) is 1. The van der Waals surface area contributed by atoms with Crippen molar-refractivity contribution in [2.24, 2.45) is 0 Å². The first-order valence-electron chi connectivity index (χ1n) is 9.60. The highest BCUT2D eigenvalue weighted by molar-refractivity contribution is 7.90. The van der Waals surface area contributed by atoms with Gasteiger partial charge < -0.3 is 4.90 Å². The number of hydrogen-bond acceptors (Lipinski definition) is 4. The van der Waals surface area contributed by atoms with Gasteiger partial charge in [0.25, 0.3) is 10.0 Å². The van der Waals surface area contributed by atoms with Crippen LogP contribution in [0.3, 0.4) is 0 Å². The van der Waals surface area contributed by atoms with E-state index in [1.165, 1.54) is 30.3 Å². The molecule has 5 nitrogen and oxygen atoms in total. The van der Waals surface area contributed by atoms with Crippen molar-refractivity contribution in [3.05, 3.63) is 65.9 Å². The van der Waals surface area contributed by atoms with Crippen LogP contribution in [0.2, 0.25) is 0 Å². The summed E-state index contributed by atoms with van der Waals surface area (Å²) in [6.07, 6.45) is -4.81. The van der Waals surface area contributed by atoms with Crippen molar-refractivity contribution < 1.29 is 21.6 Å². The van der Waals surface area contributed by atoms with E-state index in [0.29, 0.717) is 21.5 Å². The molecule has 0 radical (unpaired) electrons. The number of piperazine rings is 1. The van der Waals surface area contributed by atoms with Gasteiger partial charge in [-0.1, -0.05) is 30.3 Å². The van der Waals surface area contributed by atoms with Crippen molar-refractivity contribution in [2.75, 3.05) is 33.2 Å². The van der Waals surface area contributed by atoms with Gasteiger partial charge in [0.15, 0.2) is 0 Å². The van der Waals surface area contributed by atoms with Gasteiger partial charge in [-0.25, -0.2) is 12.4 Å². The van der Waals surface area contributed by atoms with Crippen LogP contribution in [0, 0.1) is 0 Å². The lowest BCUT2D eigenvalue weighted by molar-refractivity contribution is -0.141. The van der Waals surface area contributed by atoms with Gasteiger partial charge >= 0.3 is 6.18 Å². The fourth-order valence-electron chi connectivity index (χ4n) is 3.81. The number of fused-ring (bicyclic) bond motifs is 1. The normalized spacial score (nSPS) is 16.9. The van der Waals surface area contributed by atoms with Crippen LogP contribution in [0.4, 0.5) is 13.2 Å². The first-order valence-corrected chi connectivity index (χ1v) is 11.0. The Kier molecular flexibility index (Phi) is 5.37. The molecule has 2 heterocycles. The van der Waals surface area contributed by atoms with Crippen LogP contribution >= 0.6 is 0 Å². The number of aromatic nitrogens is 1. The molecule has 0 N–H and O–H groups in total. The molecule has 9 heteroatoms. The molecule has 160 valence electrons. The summed E-state index contributed by atoms with van der Waals surface area (Å²) in [4.78, 5) is 4.18. The first-order chi connectivity index (χ1) is 14.2. The van der Waals surface area contributed by atoms with Gasteiger partial charge in [0.05, 0.1) is 10.4 Å². The zero-order valence-corrected chi connectivity index (χ0v) is 17.2. The van der Waals surface area contributed by atoms with Crippen molar-refractivity contribution >= 4 is 20.9 Å². The minimum atomic E-state index is -4.81. The van der Waals surface area contributed by atoms with E-state index in [9.17, 15) is 21.6 Å². The summed E-state index contributed by atoms with van der Waals surface area (Å²) < 4.78 is 68.4. The number of alkyl halides is 3. The van der Waals surface area contributed by atoms with Gasteiger partial charge in [-0.3, -0.25) is 4.90 Å². The lowest BCUT2D eigenvalue weighted by Gasteiger charge is -2.32. The lowest BCUT2D eigenvalue weighted by Crippen LogP contribution is -2.43. The molecule has 1 saturated heterocycles. The highest BCUT2D eigenvalue weighted by Gasteiger charge is 2.39. The average molecular weight is 437 g/mol. The molecule has 30 heavy (non-hydrogen) atoms. The van der Waals surface area contributed by atoms with Crippen molar-refractivity contribution in [2.45, 2.75) is 17.6 Å². The molecule has 0 amide bonds. The van der Waals surface area contributed by atoms with E-state index in [4.69, 9.17) is 0 Å². The van der Waals surface area contributed by atoms with Gasteiger partial charge in [0.1, 0.15) is 5.69 Å². The molecule has 0 spiro atoms. The molecular formula is C21H22F3N3O2S. The molecule has 4 rings (SSSR count). The van der Waals surface area contributed by atoms with Crippen molar-refractivity contribution in [1.29, 1.82) is 0 Å². The molecule has 0 aliphatic carbocycles. The van der Waals surface area contributed by atoms with Gasteiger partial charge in [0, 0.05) is 38.1 Å². The van der Waals surface area contributed by atoms with Crippen LogP contribution in [0.5, 0.6) is 0 Å². The third-order valence-electron chi connectivity index (χ3n) is 5.45. The summed E-state index contributed by atoms with van der Waals surface area (Å²) in [5.41, 5.74) is -0.463. The quantitative estimate of drug-likeness (QED) is 0.625. The Morgan fingerprint density at radius 3 is 2.23 bits per heavy atom. The molecule has 3 aromatic rings. The van der Waals surface area contributed by atoms with E-state index >= 15 is 0 Å². The second kappa shape index (κ2) is 7.72. The maximum absolute atomic E-state index is 13.9. The van der Waals surface area contributed by atoms with E-state index in [2.05, 4.69) is 9.80 Å². The van der Waals surface area contributed by atoms with Gasteiger partial charge in [-0.05, 0) is 36.9 Å². The Labute approximate surface area is 173 Å². The molecule has 0 bridgehead atoms. The van der Waals surface area contributed by atoms with E-state index in [-0.39, 0.29) is 10.4 Å². The Morgan fingerprint density at radius 2 is 1.60 bits per heavy atom. The van der Waals surface area contributed by atoms with Gasteiger partial charge in [-0.2, -0.15) is 13.2 Å². The summed E-state index contributed by atoms with van der Waals surface area (Å²) in [6, 6.07) is 13.0. The number of rotatable bonds is 4. The van der Waals surface area contributed by atoms with Crippen LogP contribution < -0.4 is 0 Å². The van der Waals surface area contributed by atoms with Crippen molar-refractivity contribution in [3.63, 3.8) is 0 Å². The second-order valence-corrected chi connectivity index (χ2v) is 9.33. The molecule has 0 saturated carbocycles. The van der Waals surface area contributed by atoms with E-state index in [1.54, 1.807) is 18.2 Å². The highest BCUT2D eigenvalue weighted by Crippen LogP contribution is 2.37. The molecule has 1 fully saturated rings. The first kappa shape index (κ1) is 20.9. The SMILES string of the molecule is CN1CCN(Cc2cccc3c2cc(C(F)(F)F)n3S(=O)(=O)c2ccccc2)CC1. The Balaban J connectivity index is 1.86. The third kappa shape index (κ3) is 3.84. The average Bonchev–Trinajstić information content (AvgIpc) is 3.12. The maximum atomic E-state index is 13.9. The van der Waals surface area contributed by atoms with Crippen LogP contribution in [0.15, 0.2) is 59.5 Å². The van der Waals surface area contributed by atoms with E-state index < -0.39 is 21.9 Å². The highest BCUT2D eigenvalue weighted by atomic mass is 32.2. The largest absolute Gasteiger partial charge is 0.432 e. The predicted octanol–water partition coefficient (Wildman–Crippen LogP) is 3.64. The smallest absolute Gasteiger partial charge is 0.304 e. The number of halogens is 3. The fraction of sp³-hybridized carbons (Fsp3) is 0.333. The standard InChI is InChI=1S/C21H22F3N3O2S/c1-25-10-12-26(13-11-25)15-16-6-5-9-19-18(16)14-20(21(22,23)24)27(19)30(28,29)17-7-3-2-4-8-17/h2-9,14H,10-13,15H2,1H3. The topological polar surface area (TPSA) is 45.5 Å². The second-order valence-electron chi connectivity index (χ2n) is 7.54. The maximum Gasteiger partial charge on any atom is 0.432 e. The molecule has 0 unspecified atom stereocenters. The summed E-state index contributed by atoms with van der Waals surface area (Å²) in [6.45, 7) is 3.85. The molecule has 1 aliphatic rings. The number of benzene rings is 2. The van der Waals surface area contributed by atoms with Gasteiger partial charge in [0.2, 0.25) is 0 Å². The molecule has 1 aromatic heterocycles. The fourth-order valence-corrected chi connectivity index (χ4v) is 5.35. The lowest BCUT2D eigenvalue weighted by atomic mass is 10.1. The molecule has 1 aliphatic heterocycles. The van der Waals surface area contributed by atoms with Gasteiger partial charge in [-0.15, -0.1) is 0 Å². The van der Waals surface area contributed by atoms with Crippen LogP contribution in [0.25, 0.3) is 10.9 Å². The summed E-state index contributed by atoms with van der Waals surface area (Å²) in [7, 11) is -2.39. The Hall–Kier alpha value is -2.36. The predicted molar refractivity (Wildman–Crippen MR) is 109 cm³/mol. The minimum absolute atomic E-state index is 0.0396. The Morgan fingerprint density at radius 1 is 0.933 bits per heavy atom. The van der Waals surface area contributed by atoms with Crippen molar-refractivity contribution in [3.8, 4) is 0 Å². The zero-order chi connectivity index (χ0) is 21.5. The Bertz CT molecular complexity index is 1150. The monoisotopic (exact) mass is 437 g/mol. The van der Waals surface area contributed by atoms with E-state index in [0.717, 1.165) is 32.2 Å². The van der Waals surface area contributed by atoms with Crippen LogP contribution in [-0.2, 0) is 22.7 Å². The minimum Gasteiger partial charge on any atom is -0.304 e. The van der Waals surface area contributed by atoms with Crippen molar-refractivity contribution in [1.82, 2.24) is 13.8 Å². The third-order valence-corrected chi connectivity index (χ3v) is 7.20. The van der Waals surface area contributed by atoms with Crippen LogP contribution in [0.1, 0.15) is 11.3 Å². The number of hydrogen-bond donors (Lipinski definition) is 0. The van der Waals surface area contributed by atoms with E-state index in [1.807, 2.05) is 7.05 Å². The summed E-state index contributed by atoms with van der Waals surface area (Å²) >= 11 is 0. The molecular weight excluding hydrogens is 415 g/mol. The molecule has 0 atom stereocenters. The summed E-state index contributed by atoms with van der Waals surface area (Å²) in [5, 5.41) is 0.309. The number of nitrogens with zero attached hydrogens (tertiary/aromatic N) is 3. The summed E-state index contributed by atoms with van der Waals surface area (Å²) in [5.74, 6) is 0. The zero-order valence-electron chi connectivity index (χ0n) is 16.4. The molecule has 2 aromatic carbocycles. The van der Waals surface area contributed by atoms with Crippen LogP contribution in [-0.4, -0.2) is 55.4 Å².